The predicted molar refractivity (Wildman–Crippen MR) is 72.5 cm³/mol. The van der Waals surface area contributed by atoms with E-state index in [4.69, 9.17) is 18.3 Å². The second-order valence-corrected chi connectivity index (χ2v) is 6.15. The van der Waals surface area contributed by atoms with Gasteiger partial charge in [0.1, 0.15) is 0 Å². The van der Waals surface area contributed by atoms with Gasteiger partial charge in [0.15, 0.2) is 21.2 Å². The Hall–Kier alpha value is -2.38. The van der Waals surface area contributed by atoms with E-state index in [1.54, 1.807) is 0 Å². The van der Waals surface area contributed by atoms with E-state index in [-0.39, 0.29) is 41.3 Å². The van der Waals surface area contributed by atoms with Crippen LogP contribution >= 0.6 is 0 Å². The number of aliphatic carboxylic acids is 1. The maximum absolute atomic E-state index is 12.0. The maximum Gasteiger partial charge on any atom is 0.303 e. The molecule has 0 aliphatic heterocycles. The third kappa shape index (κ3) is 4.08. The van der Waals surface area contributed by atoms with E-state index < -0.39 is 15.8 Å². The molecule has 0 aromatic heterocycles. The van der Waals surface area contributed by atoms with E-state index >= 15 is 0 Å². The molecule has 1 aromatic carbocycles. The van der Waals surface area contributed by atoms with Crippen LogP contribution in [0, 0.1) is 13.1 Å². The number of rotatable bonds is 6. The Bertz CT molecular complexity index is 696. The molecular formula is C13H12N2O4S. The molecule has 1 N–H and O–H groups in total. The van der Waals surface area contributed by atoms with Gasteiger partial charge in [-0.2, -0.15) is 0 Å². The Morgan fingerprint density at radius 3 is 2.35 bits per heavy atom. The minimum Gasteiger partial charge on any atom is -0.481 e. The van der Waals surface area contributed by atoms with Crippen molar-refractivity contribution in [2.75, 3.05) is 5.75 Å². The standard InChI is InChI=1S/C13H12N2O4S/c1-14-11-7-6-10(9-12(11)15-2)20(18,19)8-4-3-5-13(16)17/h6-7,9H,3-5,8H2,(H,16,17). The van der Waals surface area contributed by atoms with Crippen LogP contribution in [0.4, 0.5) is 11.4 Å². The topological polar surface area (TPSA) is 80.2 Å². The van der Waals surface area contributed by atoms with Gasteiger partial charge in [0.25, 0.3) is 0 Å². The molecule has 0 unspecified atom stereocenters. The van der Waals surface area contributed by atoms with E-state index in [1.165, 1.54) is 18.2 Å². The Balaban J connectivity index is 2.86. The number of benzene rings is 1. The summed E-state index contributed by atoms with van der Waals surface area (Å²) < 4.78 is 24.0. The smallest absolute Gasteiger partial charge is 0.303 e. The molecule has 0 atom stereocenters. The molecular weight excluding hydrogens is 280 g/mol. The SMILES string of the molecule is [C-]#[N+]c1ccc(S(=O)(=O)CCCCC(=O)O)cc1[N+]#[C-]. The third-order valence-corrected chi connectivity index (χ3v) is 4.40. The largest absolute Gasteiger partial charge is 0.481 e. The summed E-state index contributed by atoms with van der Waals surface area (Å²) >= 11 is 0. The van der Waals surface area contributed by atoms with Crippen LogP contribution < -0.4 is 0 Å². The summed E-state index contributed by atoms with van der Waals surface area (Å²) in [6.07, 6.45) is 0.455. The van der Waals surface area contributed by atoms with E-state index in [0.29, 0.717) is 0 Å². The Labute approximate surface area is 117 Å². The first-order valence-corrected chi connectivity index (χ1v) is 7.39. The first kappa shape index (κ1) is 15.7. The molecule has 104 valence electrons. The molecule has 0 aliphatic rings. The molecule has 0 saturated heterocycles. The van der Waals surface area contributed by atoms with E-state index in [9.17, 15) is 13.2 Å². The summed E-state index contributed by atoms with van der Waals surface area (Å²) in [5.41, 5.74) is 0.122. The highest BCUT2D eigenvalue weighted by Gasteiger charge is 2.16. The van der Waals surface area contributed by atoms with Crippen LogP contribution in [0.1, 0.15) is 19.3 Å². The number of hydrogen-bond donors (Lipinski definition) is 1. The van der Waals surface area contributed by atoms with Crippen molar-refractivity contribution in [2.24, 2.45) is 0 Å². The lowest BCUT2D eigenvalue weighted by molar-refractivity contribution is -0.137. The van der Waals surface area contributed by atoms with Crippen LogP contribution in [0.3, 0.4) is 0 Å². The number of hydrogen-bond acceptors (Lipinski definition) is 3. The lowest BCUT2D eigenvalue weighted by Crippen LogP contribution is -2.07. The zero-order chi connectivity index (χ0) is 15.2. The lowest BCUT2D eigenvalue weighted by atomic mass is 10.2. The minimum absolute atomic E-state index is 0.00612. The van der Waals surface area contributed by atoms with Crippen molar-refractivity contribution < 1.29 is 18.3 Å². The summed E-state index contributed by atoms with van der Waals surface area (Å²) in [5, 5.41) is 8.48. The van der Waals surface area contributed by atoms with Crippen molar-refractivity contribution in [3.63, 3.8) is 0 Å². The highest BCUT2D eigenvalue weighted by Crippen LogP contribution is 2.31. The molecule has 7 heteroatoms. The third-order valence-electron chi connectivity index (χ3n) is 2.60. The van der Waals surface area contributed by atoms with Crippen LogP contribution in [0.25, 0.3) is 9.69 Å². The number of carbonyl (C=O) groups is 1. The van der Waals surface area contributed by atoms with E-state index in [0.717, 1.165) is 0 Å². The van der Waals surface area contributed by atoms with Crippen LogP contribution in [0.15, 0.2) is 23.1 Å². The molecule has 20 heavy (non-hydrogen) atoms. The molecule has 0 aliphatic carbocycles. The number of nitrogens with zero attached hydrogens (tertiary/aromatic N) is 2. The average Bonchev–Trinajstić information content (AvgIpc) is 2.42. The highest BCUT2D eigenvalue weighted by molar-refractivity contribution is 7.91. The zero-order valence-corrected chi connectivity index (χ0v) is 11.4. The molecule has 0 spiro atoms. The van der Waals surface area contributed by atoms with Gasteiger partial charge in [-0.3, -0.25) is 14.5 Å². The van der Waals surface area contributed by atoms with Crippen molar-refractivity contribution in [3.8, 4) is 0 Å². The van der Waals surface area contributed by atoms with Gasteiger partial charge < -0.3 is 5.11 Å². The van der Waals surface area contributed by atoms with E-state index in [2.05, 4.69) is 9.69 Å². The normalized spacial score (nSPS) is 10.5. The van der Waals surface area contributed by atoms with Gasteiger partial charge >= 0.3 is 5.97 Å². The molecule has 0 fully saturated rings. The van der Waals surface area contributed by atoms with Crippen molar-refractivity contribution in [3.05, 3.63) is 41.0 Å². The van der Waals surface area contributed by atoms with Crippen LogP contribution in [0.2, 0.25) is 0 Å². The van der Waals surface area contributed by atoms with Gasteiger partial charge in [-0.1, -0.05) is 12.1 Å². The molecule has 1 aromatic rings. The predicted octanol–water partition coefficient (Wildman–Crippen LogP) is 2.82. The van der Waals surface area contributed by atoms with Gasteiger partial charge in [0.2, 0.25) is 0 Å². The Morgan fingerprint density at radius 1 is 1.15 bits per heavy atom. The molecule has 0 heterocycles. The quantitative estimate of drug-likeness (QED) is 0.645. The number of unbranched alkanes of at least 4 members (excludes halogenated alkanes) is 1. The van der Waals surface area contributed by atoms with Gasteiger partial charge in [-0.15, -0.1) is 0 Å². The first-order chi connectivity index (χ1) is 9.40. The Kier molecular flexibility index (Phi) is 5.24. The summed E-state index contributed by atoms with van der Waals surface area (Å²) in [6, 6.07) is 3.80. The molecule has 0 radical (unpaired) electrons. The van der Waals surface area contributed by atoms with Gasteiger partial charge in [0, 0.05) is 6.42 Å². The van der Waals surface area contributed by atoms with Crippen molar-refractivity contribution in [1.29, 1.82) is 0 Å². The summed E-state index contributed by atoms with van der Waals surface area (Å²) in [7, 11) is -3.55. The van der Waals surface area contributed by atoms with Crippen LogP contribution in [-0.2, 0) is 14.6 Å². The second-order valence-electron chi connectivity index (χ2n) is 4.04. The fourth-order valence-electron chi connectivity index (χ4n) is 1.57. The van der Waals surface area contributed by atoms with Crippen LogP contribution in [0.5, 0.6) is 0 Å². The molecule has 1 rings (SSSR count). The lowest BCUT2D eigenvalue weighted by Gasteiger charge is -2.05. The van der Waals surface area contributed by atoms with Crippen molar-refractivity contribution in [2.45, 2.75) is 24.2 Å². The molecule has 6 nitrogen and oxygen atoms in total. The number of sulfone groups is 1. The highest BCUT2D eigenvalue weighted by atomic mass is 32.2. The summed E-state index contributed by atoms with van der Waals surface area (Å²) in [4.78, 5) is 16.6. The second kappa shape index (κ2) is 6.69. The fraction of sp³-hybridized carbons (Fsp3) is 0.308. The minimum atomic E-state index is -3.55. The monoisotopic (exact) mass is 292 g/mol. The van der Waals surface area contributed by atoms with Crippen molar-refractivity contribution in [1.82, 2.24) is 0 Å². The summed E-state index contributed by atoms with van der Waals surface area (Å²) in [5.74, 6) is -1.13. The van der Waals surface area contributed by atoms with Crippen LogP contribution in [-0.4, -0.2) is 25.2 Å². The number of carboxylic acids is 1. The zero-order valence-electron chi connectivity index (χ0n) is 10.5. The first-order valence-electron chi connectivity index (χ1n) is 5.74. The van der Waals surface area contributed by atoms with E-state index in [1.807, 2.05) is 0 Å². The Morgan fingerprint density at radius 2 is 1.80 bits per heavy atom. The number of carboxylic acid groups (broad SMARTS) is 1. The molecule has 0 bridgehead atoms. The average molecular weight is 292 g/mol. The van der Waals surface area contributed by atoms with Crippen molar-refractivity contribution >= 4 is 27.2 Å². The maximum atomic E-state index is 12.0. The molecule has 0 saturated carbocycles. The van der Waals surface area contributed by atoms with Gasteiger partial charge in [-0.25, -0.2) is 8.42 Å². The van der Waals surface area contributed by atoms with Gasteiger partial charge in [-0.05, 0) is 18.9 Å². The summed E-state index contributed by atoms with van der Waals surface area (Å²) in [6.45, 7) is 13.8. The molecule has 0 amide bonds. The van der Waals surface area contributed by atoms with Gasteiger partial charge in [0.05, 0.1) is 23.8 Å². The fourth-order valence-corrected chi connectivity index (χ4v) is 2.95.